The van der Waals surface area contributed by atoms with Crippen molar-refractivity contribution in [1.29, 1.82) is 0 Å². The molecule has 4 heteroatoms. The van der Waals surface area contributed by atoms with E-state index in [1.165, 1.54) is 13.5 Å². The number of anilines is 1. The Morgan fingerprint density at radius 2 is 2.15 bits per heavy atom. The van der Waals surface area contributed by atoms with Crippen molar-refractivity contribution < 1.29 is 9.53 Å². The molecule has 0 bridgehead atoms. The third kappa shape index (κ3) is 3.00. The molecule has 0 heterocycles. The predicted molar refractivity (Wildman–Crippen MR) is 84.7 cm³/mol. The highest BCUT2D eigenvalue weighted by Gasteiger charge is 2.47. The van der Waals surface area contributed by atoms with Gasteiger partial charge in [0.25, 0.3) is 0 Å². The first-order valence-corrected chi connectivity index (χ1v) is 7.89. The summed E-state index contributed by atoms with van der Waals surface area (Å²) in [5, 5.41) is 3.46. The topological polar surface area (TPSA) is 38.3 Å². The van der Waals surface area contributed by atoms with Gasteiger partial charge in [-0.25, -0.2) is 4.79 Å². The largest absolute Gasteiger partial charge is 0.467 e. The minimum absolute atomic E-state index is 0.156. The maximum atomic E-state index is 12.4. The molecule has 1 saturated carbocycles. The van der Waals surface area contributed by atoms with E-state index in [9.17, 15) is 4.79 Å². The summed E-state index contributed by atoms with van der Waals surface area (Å²) in [4.78, 5) is 12.4. The third-order valence-electron chi connectivity index (χ3n) is 4.35. The number of carbonyl (C=O) groups excluding carboxylic acids is 1. The van der Waals surface area contributed by atoms with E-state index in [2.05, 4.69) is 35.1 Å². The van der Waals surface area contributed by atoms with Crippen LogP contribution in [0.3, 0.4) is 0 Å². The molecule has 1 aromatic carbocycles. The molecule has 1 aliphatic rings. The van der Waals surface area contributed by atoms with Crippen LogP contribution in [0.4, 0.5) is 5.69 Å². The van der Waals surface area contributed by atoms with Gasteiger partial charge in [-0.3, -0.25) is 0 Å². The van der Waals surface area contributed by atoms with Gasteiger partial charge in [0.1, 0.15) is 5.54 Å². The van der Waals surface area contributed by atoms with Crippen LogP contribution in [0.2, 0.25) is 0 Å². The smallest absolute Gasteiger partial charge is 0.331 e. The van der Waals surface area contributed by atoms with Gasteiger partial charge in [0.2, 0.25) is 0 Å². The number of nitrogens with one attached hydrogen (secondary N) is 1. The van der Waals surface area contributed by atoms with Gasteiger partial charge in [0.05, 0.1) is 7.11 Å². The summed E-state index contributed by atoms with van der Waals surface area (Å²) in [5.74, 6) is 0.617. The molecule has 0 aliphatic heterocycles. The van der Waals surface area contributed by atoms with Crippen LogP contribution < -0.4 is 5.32 Å². The summed E-state index contributed by atoms with van der Waals surface area (Å²) in [5.41, 5.74) is 0.332. The van der Waals surface area contributed by atoms with Crippen LogP contribution in [0.1, 0.15) is 33.1 Å². The molecular weight excluding hydrogens is 318 g/mol. The Morgan fingerprint density at radius 3 is 2.80 bits per heavy atom. The maximum Gasteiger partial charge on any atom is 0.331 e. The summed E-state index contributed by atoms with van der Waals surface area (Å²) in [7, 11) is 1.47. The second-order valence-electron chi connectivity index (χ2n) is 5.89. The highest BCUT2D eigenvalue weighted by Crippen LogP contribution is 2.40. The van der Waals surface area contributed by atoms with E-state index in [0.29, 0.717) is 5.92 Å². The van der Waals surface area contributed by atoms with Crippen LogP contribution >= 0.6 is 15.9 Å². The molecule has 1 aliphatic carbocycles. The van der Waals surface area contributed by atoms with Gasteiger partial charge in [-0.1, -0.05) is 42.3 Å². The average Bonchev–Trinajstić information content (AvgIpc) is 2.42. The maximum absolute atomic E-state index is 12.4. The monoisotopic (exact) mass is 339 g/mol. The molecule has 3 atom stereocenters. The van der Waals surface area contributed by atoms with E-state index in [1.807, 2.05) is 24.3 Å². The second-order valence-corrected chi connectivity index (χ2v) is 6.80. The molecule has 2 rings (SSSR count). The molecule has 0 spiro atoms. The number of halogens is 1. The lowest BCUT2D eigenvalue weighted by Gasteiger charge is -2.43. The molecule has 1 aromatic rings. The fourth-order valence-corrected chi connectivity index (χ4v) is 3.55. The molecule has 0 radical (unpaired) electrons. The van der Waals surface area contributed by atoms with Gasteiger partial charge in [0, 0.05) is 10.2 Å². The summed E-state index contributed by atoms with van der Waals surface area (Å²) >= 11 is 3.47. The van der Waals surface area contributed by atoms with Crippen molar-refractivity contribution in [2.75, 3.05) is 12.4 Å². The normalized spacial score (nSPS) is 29.8. The van der Waals surface area contributed by atoms with E-state index in [-0.39, 0.29) is 11.9 Å². The highest BCUT2D eigenvalue weighted by atomic mass is 79.9. The molecule has 110 valence electrons. The zero-order valence-corrected chi connectivity index (χ0v) is 13.9. The Labute approximate surface area is 129 Å². The van der Waals surface area contributed by atoms with Gasteiger partial charge in [-0.05, 0) is 42.9 Å². The summed E-state index contributed by atoms with van der Waals surface area (Å²) in [6.45, 7) is 4.33. The van der Waals surface area contributed by atoms with E-state index < -0.39 is 5.54 Å². The number of rotatable bonds is 3. The number of hydrogen-bond acceptors (Lipinski definition) is 3. The first-order chi connectivity index (χ1) is 9.48. The van der Waals surface area contributed by atoms with Gasteiger partial charge >= 0.3 is 5.97 Å². The van der Waals surface area contributed by atoms with Gasteiger partial charge in [-0.2, -0.15) is 0 Å². The minimum Gasteiger partial charge on any atom is -0.467 e. The number of benzene rings is 1. The number of esters is 1. The summed E-state index contributed by atoms with van der Waals surface area (Å²) < 4.78 is 6.10. The number of methoxy groups -OCH3 is 1. The molecule has 0 aromatic heterocycles. The Morgan fingerprint density at radius 1 is 1.40 bits per heavy atom. The van der Waals surface area contributed by atoms with E-state index in [4.69, 9.17) is 4.74 Å². The average molecular weight is 340 g/mol. The van der Waals surface area contributed by atoms with Crippen LogP contribution in [0.25, 0.3) is 0 Å². The van der Waals surface area contributed by atoms with Crippen LogP contribution in [0, 0.1) is 11.8 Å². The van der Waals surface area contributed by atoms with Crippen molar-refractivity contribution in [2.45, 2.75) is 38.6 Å². The van der Waals surface area contributed by atoms with Gasteiger partial charge in [0.15, 0.2) is 0 Å². The Hall–Kier alpha value is -1.03. The Kier molecular flexibility index (Phi) is 4.74. The lowest BCUT2D eigenvalue weighted by Crippen LogP contribution is -2.55. The van der Waals surface area contributed by atoms with Crippen LogP contribution in [-0.2, 0) is 9.53 Å². The lowest BCUT2D eigenvalue weighted by molar-refractivity contribution is -0.150. The molecule has 1 fully saturated rings. The molecule has 3 nitrogen and oxygen atoms in total. The Balaban J connectivity index is 2.34. The van der Waals surface area contributed by atoms with E-state index >= 15 is 0 Å². The van der Waals surface area contributed by atoms with Crippen molar-refractivity contribution >= 4 is 27.6 Å². The fourth-order valence-electron chi connectivity index (χ4n) is 3.15. The first kappa shape index (κ1) is 15.4. The second kappa shape index (κ2) is 6.17. The van der Waals surface area contributed by atoms with Crippen LogP contribution in [0.5, 0.6) is 0 Å². The first-order valence-electron chi connectivity index (χ1n) is 7.10. The molecule has 0 saturated heterocycles. The SMILES string of the molecule is COC(=O)C1(Nc2cccc(Br)c2)CC(C)CCC1C. The molecule has 20 heavy (non-hydrogen) atoms. The highest BCUT2D eigenvalue weighted by molar-refractivity contribution is 9.10. The Bertz CT molecular complexity index is 491. The van der Waals surface area contributed by atoms with Crippen molar-refractivity contribution in [3.05, 3.63) is 28.7 Å². The number of hydrogen-bond donors (Lipinski definition) is 1. The minimum atomic E-state index is -0.618. The van der Waals surface area contributed by atoms with E-state index in [1.54, 1.807) is 0 Å². The zero-order chi connectivity index (χ0) is 14.8. The summed E-state index contributed by atoms with van der Waals surface area (Å²) in [6.07, 6.45) is 3.02. The quantitative estimate of drug-likeness (QED) is 0.837. The van der Waals surface area contributed by atoms with Gasteiger partial charge < -0.3 is 10.1 Å². The number of ether oxygens (including phenoxy) is 1. The van der Waals surface area contributed by atoms with Crippen molar-refractivity contribution in [3.8, 4) is 0 Å². The van der Waals surface area contributed by atoms with Crippen LogP contribution in [0.15, 0.2) is 28.7 Å². The molecule has 1 N–H and O–H groups in total. The molecule has 0 amide bonds. The molecule has 3 unspecified atom stereocenters. The number of carbonyl (C=O) groups is 1. The molecular formula is C16H22BrNO2. The van der Waals surface area contributed by atoms with Gasteiger partial charge in [-0.15, -0.1) is 0 Å². The van der Waals surface area contributed by atoms with Crippen molar-refractivity contribution in [1.82, 2.24) is 0 Å². The fraction of sp³-hybridized carbons (Fsp3) is 0.562. The standard InChI is InChI=1S/C16H22BrNO2/c1-11-7-8-12(2)16(10-11,15(19)20-3)18-14-6-4-5-13(17)9-14/h4-6,9,11-12,18H,7-8,10H2,1-3H3. The lowest BCUT2D eigenvalue weighted by atomic mass is 9.69. The third-order valence-corrected chi connectivity index (χ3v) is 4.84. The summed E-state index contributed by atoms with van der Waals surface area (Å²) in [6, 6.07) is 7.93. The zero-order valence-electron chi connectivity index (χ0n) is 12.3. The predicted octanol–water partition coefficient (Wildman–Crippen LogP) is 4.23. The van der Waals surface area contributed by atoms with E-state index in [0.717, 1.165) is 23.0 Å². The van der Waals surface area contributed by atoms with Crippen molar-refractivity contribution in [2.24, 2.45) is 11.8 Å². The van der Waals surface area contributed by atoms with Crippen LogP contribution in [-0.4, -0.2) is 18.6 Å². The van der Waals surface area contributed by atoms with Crippen molar-refractivity contribution in [3.63, 3.8) is 0 Å².